The lowest BCUT2D eigenvalue weighted by Crippen LogP contribution is -2.56. The van der Waals surface area contributed by atoms with E-state index in [0.717, 1.165) is 31.2 Å². The average molecular weight is 267 g/mol. The first kappa shape index (κ1) is 14.0. The molecule has 2 rings (SSSR count). The maximum absolute atomic E-state index is 4.59. The largest absolute Gasteiger partial charge is 0.311 e. The van der Waals surface area contributed by atoms with E-state index in [4.69, 9.17) is 0 Å². The average Bonchev–Trinajstić information content (AvgIpc) is 2.76. The number of nitrogens with one attached hydrogen (secondary N) is 1. The van der Waals surface area contributed by atoms with Gasteiger partial charge in [0.2, 0.25) is 0 Å². The Balaban J connectivity index is 1.97. The molecule has 1 aliphatic rings. The predicted octanol–water partition coefficient (Wildman–Crippen LogP) is 2.66. The van der Waals surface area contributed by atoms with E-state index in [9.17, 15) is 0 Å². The number of piperazine rings is 1. The summed E-state index contributed by atoms with van der Waals surface area (Å²) in [4.78, 5) is 7.16. The molecular weight excluding hydrogens is 242 g/mol. The van der Waals surface area contributed by atoms with Crippen molar-refractivity contribution in [3.63, 3.8) is 0 Å². The van der Waals surface area contributed by atoms with Gasteiger partial charge in [-0.15, -0.1) is 11.3 Å². The molecule has 0 bridgehead atoms. The van der Waals surface area contributed by atoms with Crippen LogP contribution >= 0.6 is 11.3 Å². The highest BCUT2D eigenvalue weighted by Crippen LogP contribution is 2.19. The monoisotopic (exact) mass is 267 g/mol. The van der Waals surface area contributed by atoms with Gasteiger partial charge in [-0.2, -0.15) is 0 Å². The zero-order valence-corrected chi connectivity index (χ0v) is 12.8. The van der Waals surface area contributed by atoms with Gasteiger partial charge in [-0.25, -0.2) is 4.98 Å². The number of thiazole rings is 1. The molecule has 3 nitrogen and oxygen atoms in total. The molecule has 1 aromatic heterocycles. The third-order valence-electron chi connectivity index (χ3n) is 4.07. The topological polar surface area (TPSA) is 28.2 Å². The third kappa shape index (κ3) is 3.31. The first-order valence-corrected chi connectivity index (χ1v) is 7.86. The number of aromatic nitrogens is 1. The molecule has 1 N–H and O–H groups in total. The zero-order chi connectivity index (χ0) is 13.1. The molecule has 102 valence electrons. The lowest BCUT2D eigenvalue weighted by atomic mass is 9.96. The standard InChI is InChI=1S/C14H25N3S/c1-5-10(2)13-7-17(12(4)6-15-13)8-14-16-11(3)9-18-14/h9-10,12-13,15H,5-8H2,1-4H3. The van der Waals surface area contributed by atoms with Crippen LogP contribution in [-0.2, 0) is 6.54 Å². The second-order valence-electron chi connectivity index (χ2n) is 5.56. The second-order valence-corrected chi connectivity index (χ2v) is 6.50. The summed E-state index contributed by atoms with van der Waals surface area (Å²) in [6, 6.07) is 1.24. The first-order chi connectivity index (χ1) is 8.60. The van der Waals surface area contributed by atoms with Crippen LogP contribution in [-0.4, -0.2) is 35.1 Å². The summed E-state index contributed by atoms with van der Waals surface area (Å²) in [7, 11) is 0. The SMILES string of the molecule is CCC(C)C1CN(Cc2nc(C)cs2)C(C)CN1. The van der Waals surface area contributed by atoms with Crippen LogP contribution in [0.4, 0.5) is 0 Å². The lowest BCUT2D eigenvalue weighted by Gasteiger charge is -2.40. The summed E-state index contributed by atoms with van der Waals surface area (Å²) in [5.74, 6) is 0.748. The van der Waals surface area contributed by atoms with E-state index >= 15 is 0 Å². The van der Waals surface area contributed by atoms with Crippen LogP contribution in [0.1, 0.15) is 37.9 Å². The summed E-state index contributed by atoms with van der Waals surface area (Å²) in [5.41, 5.74) is 1.15. The highest BCUT2D eigenvalue weighted by atomic mass is 32.1. The van der Waals surface area contributed by atoms with Gasteiger partial charge in [0.1, 0.15) is 5.01 Å². The Bertz CT molecular complexity index is 377. The fourth-order valence-corrected chi connectivity index (χ4v) is 3.28. The minimum Gasteiger partial charge on any atom is -0.311 e. The van der Waals surface area contributed by atoms with Gasteiger partial charge < -0.3 is 5.32 Å². The Morgan fingerprint density at radius 3 is 3.00 bits per heavy atom. The lowest BCUT2D eigenvalue weighted by molar-refractivity contribution is 0.111. The smallest absolute Gasteiger partial charge is 0.107 e. The molecule has 1 fully saturated rings. The maximum atomic E-state index is 4.59. The number of nitrogens with zero attached hydrogens (tertiary/aromatic N) is 2. The highest BCUT2D eigenvalue weighted by Gasteiger charge is 2.28. The number of rotatable bonds is 4. The Labute approximate surface area is 115 Å². The van der Waals surface area contributed by atoms with E-state index in [-0.39, 0.29) is 0 Å². The highest BCUT2D eigenvalue weighted by molar-refractivity contribution is 7.09. The van der Waals surface area contributed by atoms with Crippen molar-refractivity contribution >= 4 is 11.3 Å². The van der Waals surface area contributed by atoms with Gasteiger partial charge in [0.15, 0.2) is 0 Å². The molecule has 0 amide bonds. The van der Waals surface area contributed by atoms with Crippen molar-refractivity contribution in [3.05, 3.63) is 16.1 Å². The molecule has 0 aromatic carbocycles. The van der Waals surface area contributed by atoms with Crippen LogP contribution in [0.5, 0.6) is 0 Å². The van der Waals surface area contributed by atoms with Crippen molar-refractivity contribution in [1.82, 2.24) is 15.2 Å². The van der Waals surface area contributed by atoms with Crippen LogP contribution in [0.15, 0.2) is 5.38 Å². The molecule has 4 heteroatoms. The Hall–Kier alpha value is -0.450. The van der Waals surface area contributed by atoms with Crippen molar-refractivity contribution in [1.29, 1.82) is 0 Å². The molecule has 18 heavy (non-hydrogen) atoms. The van der Waals surface area contributed by atoms with E-state index in [0.29, 0.717) is 12.1 Å². The normalized spacial score (nSPS) is 27.3. The molecule has 1 saturated heterocycles. The van der Waals surface area contributed by atoms with Crippen molar-refractivity contribution < 1.29 is 0 Å². The quantitative estimate of drug-likeness (QED) is 0.909. The van der Waals surface area contributed by atoms with E-state index in [1.807, 2.05) is 0 Å². The molecule has 0 saturated carbocycles. The van der Waals surface area contributed by atoms with Gasteiger partial charge in [0, 0.05) is 36.2 Å². The number of hydrogen-bond donors (Lipinski definition) is 1. The molecule has 3 unspecified atom stereocenters. The minimum absolute atomic E-state index is 0.606. The molecule has 1 aromatic rings. The van der Waals surface area contributed by atoms with Crippen molar-refractivity contribution in [2.75, 3.05) is 13.1 Å². The van der Waals surface area contributed by atoms with Gasteiger partial charge in [-0.05, 0) is 19.8 Å². The van der Waals surface area contributed by atoms with E-state index < -0.39 is 0 Å². The first-order valence-electron chi connectivity index (χ1n) is 6.98. The van der Waals surface area contributed by atoms with Crippen LogP contribution in [0.3, 0.4) is 0 Å². The summed E-state index contributed by atoms with van der Waals surface area (Å²) in [6.45, 7) is 12.3. The molecule has 3 atom stereocenters. The molecule has 0 spiro atoms. The van der Waals surface area contributed by atoms with Crippen LogP contribution in [0.2, 0.25) is 0 Å². The number of aryl methyl sites for hydroxylation is 1. The Morgan fingerprint density at radius 2 is 2.39 bits per heavy atom. The maximum Gasteiger partial charge on any atom is 0.107 e. The Morgan fingerprint density at radius 1 is 1.61 bits per heavy atom. The molecule has 2 heterocycles. The summed E-state index contributed by atoms with van der Waals surface area (Å²) < 4.78 is 0. The van der Waals surface area contributed by atoms with E-state index in [2.05, 4.69) is 48.3 Å². The molecule has 0 aliphatic carbocycles. The fourth-order valence-electron chi connectivity index (χ4n) is 2.48. The zero-order valence-electron chi connectivity index (χ0n) is 11.9. The van der Waals surface area contributed by atoms with Crippen LogP contribution in [0, 0.1) is 12.8 Å². The minimum atomic E-state index is 0.606. The molecular formula is C14H25N3S. The van der Waals surface area contributed by atoms with Crippen LogP contribution < -0.4 is 5.32 Å². The summed E-state index contributed by atoms with van der Waals surface area (Å²) in [5, 5.41) is 7.08. The number of hydrogen-bond acceptors (Lipinski definition) is 4. The fraction of sp³-hybridized carbons (Fsp3) is 0.786. The van der Waals surface area contributed by atoms with Crippen molar-refractivity contribution in [2.24, 2.45) is 5.92 Å². The van der Waals surface area contributed by atoms with Gasteiger partial charge in [0.25, 0.3) is 0 Å². The van der Waals surface area contributed by atoms with E-state index in [1.165, 1.54) is 11.4 Å². The van der Waals surface area contributed by atoms with Gasteiger partial charge in [-0.3, -0.25) is 4.90 Å². The van der Waals surface area contributed by atoms with Crippen molar-refractivity contribution in [2.45, 2.75) is 52.7 Å². The third-order valence-corrected chi connectivity index (χ3v) is 5.02. The Kier molecular flexibility index (Phi) is 4.76. The van der Waals surface area contributed by atoms with Crippen LogP contribution in [0.25, 0.3) is 0 Å². The van der Waals surface area contributed by atoms with Gasteiger partial charge in [0.05, 0.1) is 6.54 Å². The summed E-state index contributed by atoms with van der Waals surface area (Å²) in [6.07, 6.45) is 1.25. The second kappa shape index (κ2) is 6.13. The van der Waals surface area contributed by atoms with Gasteiger partial charge >= 0.3 is 0 Å². The summed E-state index contributed by atoms with van der Waals surface area (Å²) >= 11 is 1.79. The van der Waals surface area contributed by atoms with E-state index in [1.54, 1.807) is 11.3 Å². The predicted molar refractivity (Wildman–Crippen MR) is 78.0 cm³/mol. The molecule has 1 aliphatic heterocycles. The van der Waals surface area contributed by atoms with Crippen molar-refractivity contribution in [3.8, 4) is 0 Å². The molecule has 0 radical (unpaired) electrons. The van der Waals surface area contributed by atoms with Gasteiger partial charge in [-0.1, -0.05) is 20.3 Å².